The molecule has 136 valence electrons. The van der Waals surface area contributed by atoms with E-state index in [1.807, 2.05) is 0 Å². The van der Waals surface area contributed by atoms with E-state index in [4.69, 9.17) is 0 Å². The van der Waals surface area contributed by atoms with Gasteiger partial charge in [-0.2, -0.15) is 0 Å². The highest BCUT2D eigenvalue weighted by Crippen LogP contribution is 2.50. The van der Waals surface area contributed by atoms with E-state index in [1.165, 1.54) is 28.0 Å². The maximum absolute atomic E-state index is 2.41. The fraction of sp³-hybridized carbons (Fsp3) is 0.231. The minimum Gasteiger partial charge on any atom is -0.343 e. The molecule has 0 bridgehead atoms. The Bertz CT molecular complexity index is 933. The Balaban J connectivity index is 1.86. The summed E-state index contributed by atoms with van der Waals surface area (Å²) in [7, 11) is 0. The van der Waals surface area contributed by atoms with Crippen LogP contribution in [0.25, 0.3) is 5.57 Å². The SMILES string of the molecule is CC(C)(C)C1C(c2ccccc2)=CN(Cc2ccccc2)c2ccccc21. The zero-order valence-electron chi connectivity index (χ0n) is 16.4. The first-order valence-electron chi connectivity index (χ1n) is 9.71. The molecule has 1 heterocycles. The molecule has 3 aromatic rings. The quantitative estimate of drug-likeness (QED) is 0.496. The van der Waals surface area contributed by atoms with Crippen molar-refractivity contribution in [1.29, 1.82) is 0 Å². The van der Waals surface area contributed by atoms with Crippen LogP contribution in [-0.2, 0) is 6.54 Å². The summed E-state index contributed by atoms with van der Waals surface area (Å²) in [5, 5.41) is 0. The van der Waals surface area contributed by atoms with E-state index in [1.54, 1.807) is 0 Å². The monoisotopic (exact) mass is 353 g/mol. The summed E-state index contributed by atoms with van der Waals surface area (Å²) in [6.45, 7) is 7.92. The van der Waals surface area contributed by atoms with E-state index in [9.17, 15) is 0 Å². The number of hydrogen-bond acceptors (Lipinski definition) is 1. The van der Waals surface area contributed by atoms with Crippen molar-refractivity contribution in [2.24, 2.45) is 5.41 Å². The molecule has 0 spiro atoms. The number of anilines is 1. The number of fused-ring (bicyclic) bond motifs is 1. The minimum atomic E-state index is 0.136. The summed E-state index contributed by atoms with van der Waals surface area (Å²) in [6, 6.07) is 30.4. The second-order valence-corrected chi connectivity index (χ2v) is 8.42. The summed E-state index contributed by atoms with van der Waals surface area (Å²) >= 11 is 0. The van der Waals surface area contributed by atoms with Gasteiger partial charge in [-0.05, 0) is 33.7 Å². The van der Waals surface area contributed by atoms with Crippen molar-refractivity contribution in [1.82, 2.24) is 0 Å². The number of para-hydroxylation sites is 1. The topological polar surface area (TPSA) is 3.24 Å². The van der Waals surface area contributed by atoms with E-state index in [2.05, 4.69) is 117 Å². The molecule has 4 rings (SSSR count). The van der Waals surface area contributed by atoms with Crippen molar-refractivity contribution in [3.05, 3.63) is 108 Å². The first-order valence-corrected chi connectivity index (χ1v) is 9.71. The summed E-state index contributed by atoms with van der Waals surface area (Å²) in [5.41, 5.74) is 6.91. The maximum atomic E-state index is 2.41. The summed E-state index contributed by atoms with van der Waals surface area (Å²) in [4.78, 5) is 2.41. The van der Waals surface area contributed by atoms with Gasteiger partial charge in [-0.3, -0.25) is 0 Å². The maximum Gasteiger partial charge on any atom is 0.0476 e. The van der Waals surface area contributed by atoms with Crippen molar-refractivity contribution in [3.63, 3.8) is 0 Å². The Morgan fingerprint density at radius 3 is 2.00 bits per heavy atom. The Hall–Kier alpha value is -2.80. The van der Waals surface area contributed by atoms with Crippen LogP contribution in [0.1, 0.15) is 43.4 Å². The third kappa shape index (κ3) is 3.55. The predicted octanol–water partition coefficient (Wildman–Crippen LogP) is 6.88. The van der Waals surface area contributed by atoms with Gasteiger partial charge in [0, 0.05) is 24.4 Å². The van der Waals surface area contributed by atoms with Crippen LogP contribution >= 0.6 is 0 Å². The van der Waals surface area contributed by atoms with Gasteiger partial charge >= 0.3 is 0 Å². The molecule has 0 amide bonds. The van der Waals surface area contributed by atoms with Crippen molar-refractivity contribution in [2.45, 2.75) is 33.2 Å². The molecule has 0 saturated heterocycles. The number of allylic oxidation sites excluding steroid dienone is 1. The minimum absolute atomic E-state index is 0.136. The molecule has 1 atom stereocenters. The smallest absolute Gasteiger partial charge is 0.0476 e. The summed E-state index contributed by atoms with van der Waals surface area (Å²) in [5.74, 6) is 0.364. The van der Waals surface area contributed by atoms with Crippen molar-refractivity contribution >= 4 is 11.3 Å². The third-order valence-corrected chi connectivity index (χ3v) is 5.33. The zero-order valence-corrected chi connectivity index (χ0v) is 16.4. The summed E-state index contributed by atoms with van der Waals surface area (Å²) in [6.07, 6.45) is 2.38. The second-order valence-electron chi connectivity index (χ2n) is 8.42. The molecule has 1 heteroatoms. The Kier molecular flexibility index (Phi) is 4.61. The molecule has 1 aliphatic heterocycles. The number of rotatable bonds is 3. The highest BCUT2D eigenvalue weighted by Gasteiger charge is 2.35. The highest BCUT2D eigenvalue weighted by molar-refractivity contribution is 5.81. The van der Waals surface area contributed by atoms with Crippen LogP contribution in [0.15, 0.2) is 91.1 Å². The van der Waals surface area contributed by atoms with Gasteiger partial charge in [0.2, 0.25) is 0 Å². The van der Waals surface area contributed by atoms with Gasteiger partial charge in [0.25, 0.3) is 0 Å². The van der Waals surface area contributed by atoms with E-state index in [0.29, 0.717) is 5.92 Å². The van der Waals surface area contributed by atoms with Crippen LogP contribution < -0.4 is 4.90 Å². The lowest BCUT2D eigenvalue weighted by Gasteiger charge is -2.41. The molecule has 1 unspecified atom stereocenters. The molecular weight excluding hydrogens is 326 g/mol. The standard InChI is InChI=1S/C26H27N/c1-26(2,3)25-22-16-10-11-17-24(22)27(18-20-12-6-4-7-13-20)19-23(25)21-14-8-5-9-15-21/h4-17,19,25H,18H2,1-3H3. The molecule has 0 aromatic heterocycles. The van der Waals surface area contributed by atoms with E-state index >= 15 is 0 Å². The van der Waals surface area contributed by atoms with Crippen molar-refractivity contribution in [2.75, 3.05) is 4.90 Å². The lowest BCUT2D eigenvalue weighted by atomic mass is 9.69. The highest BCUT2D eigenvalue weighted by atomic mass is 15.1. The Labute approximate surface area is 163 Å². The molecule has 0 N–H and O–H groups in total. The largest absolute Gasteiger partial charge is 0.343 e. The van der Waals surface area contributed by atoms with Gasteiger partial charge in [0.15, 0.2) is 0 Å². The van der Waals surface area contributed by atoms with E-state index in [0.717, 1.165) is 6.54 Å². The fourth-order valence-corrected chi connectivity index (χ4v) is 4.19. The fourth-order valence-electron chi connectivity index (χ4n) is 4.19. The normalized spacial score (nSPS) is 16.6. The summed E-state index contributed by atoms with van der Waals surface area (Å²) < 4.78 is 0. The molecule has 0 fully saturated rings. The molecule has 27 heavy (non-hydrogen) atoms. The average molecular weight is 354 g/mol. The van der Waals surface area contributed by atoms with Crippen LogP contribution in [-0.4, -0.2) is 0 Å². The zero-order chi connectivity index (χ0) is 18.9. The van der Waals surface area contributed by atoms with Gasteiger partial charge in [-0.1, -0.05) is 99.6 Å². The molecule has 0 aliphatic carbocycles. The lowest BCUT2D eigenvalue weighted by Crippen LogP contribution is -2.29. The first kappa shape index (κ1) is 17.6. The van der Waals surface area contributed by atoms with E-state index in [-0.39, 0.29) is 5.41 Å². The van der Waals surface area contributed by atoms with Crippen molar-refractivity contribution in [3.8, 4) is 0 Å². The van der Waals surface area contributed by atoms with Gasteiger partial charge < -0.3 is 4.90 Å². The van der Waals surface area contributed by atoms with Crippen LogP contribution in [0.4, 0.5) is 5.69 Å². The van der Waals surface area contributed by atoms with Gasteiger partial charge in [0.05, 0.1) is 0 Å². The van der Waals surface area contributed by atoms with Crippen LogP contribution in [0, 0.1) is 5.41 Å². The molecule has 1 aliphatic rings. The van der Waals surface area contributed by atoms with Crippen LogP contribution in [0.5, 0.6) is 0 Å². The van der Waals surface area contributed by atoms with Gasteiger partial charge in [-0.25, -0.2) is 0 Å². The van der Waals surface area contributed by atoms with Gasteiger partial charge in [0.1, 0.15) is 0 Å². The van der Waals surface area contributed by atoms with E-state index < -0.39 is 0 Å². The molecule has 0 radical (unpaired) electrons. The molecule has 0 saturated carbocycles. The number of nitrogens with zero attached hydrogens (tertiary/aromatic N) is 1. The molecule has 1 nitrogen and oxygen atoms in total. The predicted molar refractivity (Wildman–Crippen MR) is 116 cm³/mol. The molecule has 3 aromatic carbocycles. The number of benzene rings is 3. The van der Waals surface area contributed by atoms with Crippen molar-refractivity contribution < 1.29 is 0 Å². The average Bonchev–Trinajstić information content (AvgIpc) is 2.68. The molecular formula is C26H27N. The second kappa shape index (κ2) is 7.08. The lowest BCUT2D eigenvalue weighted by molar-refractivity contribution is 0.372. The van der Waals surface area contributed by atoms with Gasteiger partial charge in [-0.15, -0.1) is 0 Å². The van der Waals surface area contributed by atoms with Crippen LogP contribution in [0.3, 0.4) is 0 Å². The number of hydrogen-bond donors (Lipinski definition) is 0. The third-order valence-electron chi connectivity index (χ3n) is 5.33. The Morgan fingerprint density at radius 2 is 1.33 bits per heavy atom. The first-order chi connectivity index (χ1) is 13.0. The Morgan fingerprint density at radius 1 is 0.741 bits per heavy atom. The van der Waals surface area contributed by atoms with Crippen LogP contribution in [0.2, 0.25) is 0 Å².